The minimum absolute atomic E-state index is 0.0855. The lowest BCUT2D eigenvalue weighted by Crippen LogP contribution is -2.38. The van der Waals surface area contributed by atoms with Crippen molar-refractivity contribution in [2.45, 2.75) is 33.7 Å². The molecule has 0 spiro atoms. The molecular weight excluding hydrogens is 432 g/mol. The first-order valence-corrected chi connectivity index (χ1v) is 11.9. The van der Waals surface area contributed by atoms with E-state index in [1.54, 1.807) is 41.3 Å². The lowest BCUT2D eigenvalue weighted by atomic mass is 9.95. The van der Waals surface area contributed by atoms with Crippen molar-refractivity contribution in [3.63, 3.8) is 0 Å². The molecule has 0 bridgehead atoms. The lowest BCUT2D eigenvalue weighted by Gasteiger charge is -2.28. The fourth-order valence-corrected chi connectivity index (χ4v) is 4.24. The molecule has 1 N–H and O–H groups in total. The highest BCUT2D eigenvalue weighted by molar-refractivity contribution is 6.46. The number of rotatable bonds is 11. The number of likely N-dealkylation sites (N-methyl/N-ethyl adjacent to an activating group) is 1. The first-order valence-electron chi connectivity index (χ1n) is 11.9. The standard InChI is InChI=1S/C27H34N2O5/c1-5-28(6-2)16-17-29-24(20-14-15-21(33-7-3)22(18-20)34-8-4)23(26(31)27(29)32)25(30)19-12-10-9-11-13-19/h9-15,18,24,30H,5-8,16-17H2,1-4H3/b25-23+/t24-/m1/s1. The van der Waals surface area contributed by atoms with Gasteiger partial charge in [-0.3, -0.25) is 9.59 Å². The Bertz CT molecular complexity index is 1030. The summed E-state index contributed by atoms with van der Waals surface area (Å²) in [5.41, 5.74) is 1.26. The molecule has 1 aliphatic heterocycles. The van der Waals surface area contributed by atoms with E-state index in [1.807, 2.05) is 26.0 Å². The third-order valence-electron chi connectivity index (χ3n) is 6.02. The van der Waals surface area contributed by atoms with Crippen LogP contribution in [-0.4, -0.2) is 66.0 Å². The fraction of sp³-hybridized carbons (Fsp3) is 0.407. The number of ketones is 1. The fourth-order valence-electron chi connectivity index (χ4n) is 4.24. The molecule has 1 heterocycles. The quantitative estimate of drug-likeness (QED) is 0.303. The third kappa shape index (κ3) is 5.25. The summed E-state index contributed by atoms with van der Waals surface area (Å²) >= 11 is 0. The number of hydrogen-bond acceptors (Lipinski definition) is 6. The molecule has 182 valence electrons. The van der Waals surface area contributed by atoms with Gasteiger partial charge < -0.3 is 24.4 Å². The molecule has 3 rings (SSSR count). The highest BCUT2D eigenvalue weighted by Crippen LogP contribution is 2.42. The Labute approximate surface area is 201 Å². The zero-order valence-electron chi connectivity index (χ0n) is 20.4. The molecule has 1 fully saturated rings. The lowest BCUT2D eigenvalue weighted by molar-refractivity contribution is -0.140. The highest BCUT2D eigenvalue weighted by atomic mass is 16.5. The second-order valence-corrected chi connectivity index (χ2v) is 7.96. The number of ether oxygens (including phenoxy) is 2. The van der Waals surface area contributed by atoms with Crippen molar-refractivity contribution in [2.24, 2.45) is 0 Å². The molecule has 2 aromatic carbocycles. The summed E-state index contributed by atoms with van der Waals surface area (Å²) in [7, 11) is 0. The Morgan fingerprint density at radius 1 is 0.941 bits per heavy atom. The number of amides is 1. The summed E-state index contributed by atoms with van der Waals surface area (Å²) in [6.07, 6.45) is 0. The van der Waals surface area contributed by atoms with E-state index >= 15 is 0 Å². The van der Waals surface area contributed by atoms with Gasteiger partial charge in [-0.1, -0.05) is 50.2 Å². The number of likely N-dealkylation sites (tertiary alicyclic amines) is 1. The van der Waals surface area contributed by atoms with Crippen LogP contribution in [0.15, 0.2) is 54.1 Å². The van der Waals surface area contributed by atoms with Crippen molar-refractivity contribution < 1.29 is 24.2 Å². The van der Waals surface area contributed by atoms with Gasteiger partial charge in [-0.2, -0.15) is 0 Å². The molecule has 1 amide bonds. The molecule has 0 aliphatic carbocycles. The van der Waals surface area contributed by atoms with Crippen molar-refractivity contribution in [1.29, 1.82) is 0 Å². The average molecular weight is 467 g/mol. The van der Waals surface area contributed by atoms with Gasteiger partial charge in [-0.05, 0) is 44.6 Å². The van der Waals surface area contributed by atoms with E-state index in [0.717, 1.165) is 13.1 Å². The number of hydrogen-bond donors (Lipinski definition) is 1. The van der Waals surface area contributed by atoms with Crippen molar-refractivity contribution in [3.8, 4) is 11.5 Å². The molecule has 34 heavy (non-hydrogen) atoms. The van der Waals surface area contributed by atoms with Crippen LogP contribution < -0.4 is 9.47 Å². The molecular formula is C27H34N2O5. The van der Waals surface area contributed by atoms with Gasteiger partial charge in [0, 0.05) is 18.7 Å². The molecule has 1 saturated heterocycles. The largest absolute Gasteiger partial charge is 0.507 e. The van der Waals surface area contributed by atoms with Gasteiger partial charge in [0.2, 0.25) is 0 Å². The SMILES string of the molecule is CCOc1ccc([C@@H]2/C(=C(\O)c3ccccc3)C(=O)C(=O)N2CCN(CC)CC)cc1OCC. The van der Waals surface area contributed by atoms with E-state index in [-0.39, 0.29) is 11.3 Å². The molecule has 1 aliphatic rings. The van der Waals surface area contributed by atoms with Gasteiger partial charge in [0.05, 0.1) is 24.8 Å². The third-order valence-corrected chi connectivity index (χ3v) is 6.02. The van der Waals surface area contributed by atoms with Crippen molar-refractivity contribution in [2.75, 3.05) is 39.4 Å². The topological polar surface area (TPSA) is 79.3 Å². The van der Waals surface area contributed by atoms with Crippen molar-refractivity contribution >= 4 is 17.4 Å². The number of aliphatic hydroxyl groups excluding tert-OH is 1. The van der Waals surface area contributed by atoms with Gasteiger partial charge in [0.1, 0.15) is 5.76 Å². The predicted octanol–water partition coefficient (Wildman–Crippen LogP) is 4.25. The number of carbonyl (C=O) groups excluding carboxylic acids is 2. The van der Waals surface area contributed by atoms with Crippen LogP contribution in [0, 0.1) is 0 Å². The van der Waals surface area contributed by atoms with Gasteiger partial charge >= 0.3 is 0 Å². The maximum atomic E-state index is 13.2. The Morgan fingerprint density at radius 2 is 1.59 bits per heavy atom. The van der Waals surface area contributed by atoms with Crippen LogP contribution in [0.25, 0.3) is 5.76 Å². The van der Waals surface area contributed by atoms with Crippen LogP contribution in [0.3, 0.4) is 0 Å². The van der Waals surface area contributed by atoms with E-state index in [1.165, 1.54) is 0 Å². The molecule has 0 saturated carbocycles. The second kappa shape index (κ2) is 11.7. The van der Waals surface area contributed by atoms with Gasteiger partial charge in [0.15, 0.2) is 11.5 Å². The second-order valence-electron chi connectivity index (χ2n) is 7.96. The highest BCUT2D eigenvalue weighted by Gasteiger charge is 2.46. The number of nitrogens with zero attached hydrogens (tertiary/aromatic N) is 2. The normalized spacial score (nSPS) is 17.4. The summed E-state index contributed by atoms with van der Waals surface area (Å²) in [4.78, 5) is 30.1. The number of Topliss-reactive ketones (excluding diaryl/α,β-unsaturated/α-hetero) is 1. The summed E-state index contributed by atoms with van der Waals surface area (Å²) < 4.78 is 11.5. The minimum atomic E-state index is -0.731. The van der Waals surface area contributed by atoms with Crippen LogP contribution >= 0.6 is 0 Å². The Kier molecular flexibility index (Phi) is 8.71. The first-order chi connectivity index (χ1) is 16.5. The molecule has 0 unspecified atom stereocenters. The van der Waals surface area contributed by atoms with E-state index < -0.39 is 17.7 Å². The van der Waals surface area contributed by atoms with Crippen LogP contribution in [0.1, 0.15) is 44.9 Å². The van der Waals surface area contributed by atoms with Crippen molar-refractivity contribution in [1.82, 2.24) is 9.80 Å². The Hall–Kier alpha value is -3.32. The number of carbonyl (C=O) groups is 2. The molecule has 0 aromatic heterocycles. The smallest absolute Gasteiger partial charge is 0.295 e. The van der Waals surface area contributed by atoms with E-state index in [4.69, 9.17) is 9.47 Å². The predicted molar refractivity (Wildman–Crippen MR) is 132 cm³/mol. The van der Waals surface area contributed by atoms with E-state index in [0.29, 0.717) is 48.9 Å². The van der Waals surface area contributed by atoms with Crippen LogP contribution in [0.5, 0.6) is 11.5 Å². The van der Waals surface area contributed by atoms with E-state index in [9.17, 15) is 14.7 Å². The molecule has 7 heteroatoms. The first kappa shape index (κ1) is 25.3. The van der Waals surface area contributed by atoms with Crippen LogP contribution in [-0.2, 0) is 9.59 Å². The van der Waals surface area contributed by atoms with E-state index in [2.05, 4.69) is 18.7 Å². The van der Waals surface area contributed by atoms with Crippen LogP contribution in [0.4, 0.5) is 0 Å². The zero-order valence-corrected chi connectivity index (χ0v) is 20.4. The number of benzene rings is 2. The van der Waals surface area contributed by atoms with Crippen molar-refractivity contribution in [3.05, 3.63) is 65.2 Å². The van der Waals surface area contributed by atoms with Gasteiger partial charge in [-0.25, -0.2) is 0 Å². The number of aliphatic hydroxyl groups is 1. The average Bonchev–Trinajstić information content (AvgIpc) is 3.11. The monoisotopic (exact) mass is 466 g/mol. The molecule has 1 atom stereocenters. The maximum Gasteiger partial charge on any atom is 0.295 e. The van der Waals surface area contributed by atoms with Crippen LogP contribution in [0.2, 0.25) is 0 Å². The summed E-state index contributed by atoms with van der Waals surface area (Å²) in [6.45, 7) is 11.5. The Balaban J connectivity index is 2.13. The minimum Gasteiger partial charge on any atom is -0.507 e. The summed E-state index contributed by atoms with van der Waals surface area (Å²) in [5.74, 6) is -0.340. The zero-order chi connectivity index (χ0) is 24.7. The summed E-state index contributed by atoms with van der Waals surface area (Å²) in [6, 6.07) is 13.5. The molecule has 7 nitrogen and oxygen atoms in total. The molecule has 2 aromatic rings. The maximum absolute atomic E-state index is 13.2. The van der Waals surface area contributed by atoms with Gasteiger partial charge in [-0.15, -0.1) is 0 Å². The molecule has 0 radical (unpaired) electrons. The summed E-state index contributed by atoms with van der Waals surface area (Å²) in [5, 5.41) is 11.2. The van der Waals surface area contributed by atoms with Gasteiger partial charge in [0.25, 0.3) is 11.7 Å². The Morgan fingerprint density at radius 3 is 2.21 bits per heavy atom.